The number of nitrogens with zero attached hydrogens (tertiary/aromatic N) is 2. The van der Waals surface area contributed by atoms with Crippen molar-refractivity contribution in [1.82, 2.24) is 20.5 Å². The molecule has 0 saturated heterocycles. The van der Waals surface area contributed by atoms with Gasteiger partial charge in [-0.15, -0.1) is 0 Å². The predicted molar refractivity (Wildman–Crippen MR) is 71.5 cm³/mol. The Morgan fingerprint density at radius 1 is 1.35 bits per heavy atom. The minimum Gasteiger partial charge on any atom is -0.346 e. The molecule has 2 heterocycles. The van der Waals surface area contributed by atoms with Gasteiger partial charge >= 0.3 is 0 Å². The summed E-state index contributed by atoms with van der Waals surface area (Å²) in [6.45, 7) is 0.344. The van der Waals surface area contributed by atoms with Gasteiger partial charge in [-0.05, 0) is 29.8 Å². The van der Waals surface area contributed by atoms with Crippen LogP contribution in [0.5, 0.6) is 0 Å². The predicted octanol–water partition coefficient (Wildman–Crippen LogP) is 2.03. The molecule has 0 aliphatic rings. The lowest BCUT2D eigenvalue weighted by molar-refractivity contribution is 0.0947. The second kappa shape index (κ2) is 5.08. The molecule has 0 unspecified atom stereocenters. The molecule has 0 bridgehead atoms. The molecular weight excluding hydrogens is 259 g/mol. The first-order valence-corrected chi connectivity index (χ1v) is 6.05. The van der Waals surface area contributed by atoms with E-state index in [1.54, 1.807) is 24.5 Å². The van der Waals surface area contributed by atoms with Crippen LogP contribution in [-0.2, 0) is 6.54 Å². The van der Waals surface area contributed by atoms with E-state index in [-0.39, 0.29) is 11.6 Å². The van der Waals surface area contributed by atoms with Gasteiger partial charge in [-0.3, -0.25) is 14.9 Å². The molecule has 0 spiro atoms. The third-order valence-electron chi connectivity index (χ3n) is 2.92. The van der Waals surface area contributed by atoms with Gasteiger partial charge in [0.2, 0.25) is 0 Å². The Kier molecular flexibility index (Phi) is 3.12. The van der Waals surface area contributed by atoms with Gasteiger partial charge in [0, 0.05) is 24.3 Å². The fourth-order valence-electron chi connectivity index (χ4n) is 1.93. The van der Waals surface area contributed by atoms with Crippen molar-refractivity contribution in [2.45, 2.75) is 6.54 Å². The largest absolute Gasteiger partial charge is 0.346 e. The smallest absolute Gasteiger partial charge is 0.272 e. The number of carbonyl (C=O) groups is 1. The van der Waals surface area contributed by atoms with Crippen LogP contribution in [0.1, 0.15) is 16.1 Å². The van der Waals surface area contributed by atoms with Crippen LogP contribution >= 0.6 is 0 Å². The van der Waals surface area contributed by atoms with E-state index in [2.05, 4.69) is 20.5 Å². The number of fused-ring (bicyclic) bond motifs is 1. The SMILES string of the molecule is O=C(NCc1cccnc1)c1n[nH]c2ccc(F)cc12. The van der Waals surface area contributed by atoms with Gasteiger partial charge < -0.3 is 5.32 Å². The number of pyridine rings is 1. The third kappa shape index (κ3) is 2.35. The summed E-state index contributed by atoms with van der Waals surface area (Å²) in [5.74, 6) is -0.758. The minimum absolute atomic E-state index is 0.184. The van der Waals surface area contributed by atoms with E-state index in [9.17, 15) is 9.18 Å². The van der Waals surface area contributed by atoms with Crippen LogP contribution in [0.3, 0.4) is 0 Å². The molecule has 1 amide bonds. The topological polar surface area (TPSA) is 70.7 Å². The van der Waals surface area contributed by atoms with Crippen LogP contribution in [0.2, 0.25) is 0 Å². The Balaban J connectivity index is 1.80. The molecule has 2 aromatic heterocycles. The van der Waals surface area contributed by atoms with Gasteiger partial charge in [0.25, 0.3) is 5.91 Å². The van der Waals surface area contributed by atoms with Crippen molar-refractivity contribution < 1.29 is 9.18 Å². The molecule has 3 aromatic rings. The molecule has 0 fully saturated rings. The highest BCUT2D eigenvalue weighted by Gasteiger charge is 2.14. The molecule has 3 rings (SSSR count). The van der Waals surface area contributed by atoms with Crippen molar-refractivity contribution in [3.63, 3.8) is 0 Å². The Labute approximate surface area is 113 Å². The van der Waals surface area contributed by atoms with Crippen LogP contribution in [0.25, 0.3) is 10.9 Å². The van der Waals surface area contributed by atoms with Crippen LogP contribution in [-0.4, -0.2) is 21.1 Å². The zero-order valence-electron chi connectivity index (χ0n) is 10.4. The number of hydrogen-bond acceptors (Lipinski definition) is 3. The first kappa shape index (κ1) is 12.3. The molecule has 0 radical (unpaired) electrons. The number of hydrogen-bond donors (Lipinski definition) is 2. The van der Waals surface area contributed by atoms with E-state index in [4.69, 9.17) is 0 Å². The lowest BCUT2D eigenvalue weighted by Crippen LogP contribution is -2.23. The maximum atomic E-state index is 13.2. The molecule has 0 saturated carbocycles. The molecule has 100 valence electrons. The average Bonchev–Trinajstić information content (AvgIpc) is 2.89. The lowest BCUT2D eigenvalue weighted by atomic mass is 10.2. The Morgan fingerprint density at radius 2 is 2.25 bits per heavy atom. The number of aromatic amines is 1. The molecule has 0 atom stereocenters. The summed E-state index contributed by atoms with van der Waals surface area (Å²) in [5, 5.41) is 9.83. The summed E-state index contributed by atoms with van der Waals surface area (Å²) in [6, 6.07) is 7.81. The van der Waals surface area contributed by atoms with Crippen molar-refractivity contribution in [3.8, 4) is 0 Å². The zero-order chi connectivity index (χ0) is 13.9. The fraction of sp³-hybridized carbons (Fsp3) is 0.0714. The number of nitrogens with one attached hydrogen (secondary N) is 2. The van der Waals surface area contributed by atoms with Crippen molar-refractivity contribution in [2.24, 2.45) is 0 Å². The van der Waals surface area contributed by atoms with E-state index in [1.807, 2.05) is 6.07 Å². The molecule has 1 aromatic carbocycles. The van der Waals surface area contributed by atoms with Gasteiger partial charge in [0.05, 0.1) is 5.52 Å². The Morgan fingerprint density at radius 3 is 3.05 bits per heavy atom. The molecule has 2 N–H and O–H groups in total. The quantitative estimate of drug-likeness (QED) is 0.765. The van der Waals surface area contributed by atoms with Gasteiger partial charge in [-0.25, -0.2) is 4.39 Å². The van der Waals surface area contributed by atoms with Gasteiger partial charge in [0.1, 0.15) is 5.82 Å². The highest BCUT2D eigenvalue weighted by Crippen LogP contribution is 2.17. The normalized spacial score (nSPS) is 10.7. The first-order chi connectivity index (χ1) is 9.74. The average molecular weight is 270 g/mol. The monoisotopic (exact) mass is 270 g/mol. The molecule has 0 aliphatic carbocycles. The van der Waals surface area contributed by atoms with Gasteiger partial charge in [0.15, 0.2) is 5.69 Å². The highest BCUT2D eigenvalue weighted by atomic mass is 19.1. The summed E-state index contributed by atoms with van der Waals surface area (Å²) in [4.78, 5) is 16.0. The number of amides is 1. The summed E-state index contributed by atoms with van der Waals surface area (Å²) < 4.78 is 13.2. The second-order valence-electron chi connectivity index (χ2n) is 4.31. The van der Waals surface area contributed by atoms with E-state index in [0.29, 0.717) is 17.4 Å². The van der Waals surface area contributed by atoms with Crippen molar-refractivity contribution in [1.29, 1.82) is 0 Å². The maximum absolute atomic E-state index is 13.2. The second-order valence-corrected chi connectivity index (χ2v) is 4.31. The van der Waals surface area contributed by atoms with Crippen LogP contribution in [0, 0.1) is 5.82 Å². The van der Waals surface area contributed by atoms with Gasteiger partial charge in [-0.2, -0.15) is 5.10 Å². The van der Waals surface area contributed by atoms with Crippen molar-refractivity contribution in [3.05, 3.63) is 59.8 Å². The number of halogens is 1. The first-order valence-electron chi connectivity index (χ1n) is 6.05. The number of carbonyl (C=O) groups excluding carboxylic acids is 1. The van der Waals surface area contributed by atoms with Crippen LogP contribution in [0.15, 0.2) is 42.7 Å². The van der Waals surface area contributed by atoms with Crippen LogP contribution < -0.4 is 5.32 Å². The number of benzene rings is 1. The van der Waals surface area contributed by atoms with Crippen molar-refractivity contribution >= 4 is 16.8 Å². The lowest BCUT2D eigenvalue weighted by Gasteiger charge is -2.03. The number of rotatable bonds is 3. The number of aromatic nitrogens is 3. The number of H-pyrrole nitrogens is 1. The molecule has 20 heavy (non-hydrogen) atoms. The summed E-state index contributed by atoms with van der Waals surface area (Å²) in [6.07, 6.45) is 3.33. The molecule has 6 heteroatoms. The Hall–Kier alpha value is -2.76. The van der Waals surface area contributed by atoms with E-state index < -0.39 is 5.82 Å². The highest BCUT2D eigenvalue weighted by molar-refractivity contribution is 6.04. The zero-order valence-corrected chi connectivity index (χ0v) is 10.4. The van der Waals surface area contributed by atoms with E-state index in [0.717, 1.165) is 5.56 Å². The molecule has 5 nitrogen and oxygen atoms in total. The standard InChI is InChI=1S/C14H11FN4O/c15-10-3-4-12-11(6-10)13(19-18-12)14(20)17-8-9-2-1-5-16-7-9/h1-7H,8H2,(H,17,20)(H,18,19). The molecule has 0 aliphatic heterocycles. The maximum Gasteiger partial charge on any atom is 0.272 e. The third-order valence-corrected chi connectivity index (χ3v) is 2.92. The van der Waals surface area contributed by atoms with E-state index in [1.165, 1.54) is 12.1 Å². The fourth-order valence-corrected chi connectivity index (χ4v) is 1.93. The Bertz CT molecular complexity index is 754. The van der Waals surface area contributed by atoms with Gasteiger partial charge in [-0.1, -0.05) is 6.07 Å². The summed E-state index contributed by atoms with van der Waals surface area (Å²) in [5.41, 5.74) is 1.69. The summed E-state index contributed by atoms with van der Waals surface area (Å²) in [7, 11) is 0. The van der Waals surface area contributed by atoms with Crippen LogP contribution in [0.4, 0.5) is 4.39 Å². The van der Waals surface area contributed by atoms with Crippen molar-refractivity contribution in [2.75, 3.05) is 0 Å². The van der Waals surface area contributed by atoms with E-state index >= 15 is 0 Å². The molecular formula is C14H11FN4O. The summed E-state index contributed by atoms with van der Waals surface area (Å²) >= 11 is 0. The minimum atomic E-state index is -0.403.